The van der Waals surface area contributed by atoms with Crippen LogP contribution < -0.4 is 0 Å². The summed E-state index contributed by atoms with van der Waals surface area (Å²) in [5.41, 5.74) is 2.86. The average molecular weight is 316 g/mol. The quantitative estimate of drug-likeness (QED) is 0.754. The Morgan fingerprint density at radius 3 is 2.41 bits per heavy atom. The summed E-state index contributed by atoms with van der Waals surface area (Å²) >= 11 is 1.62. The molecule has 0 aliphatic heterocycles. The smallest absolute Gasteiger partial charge is 0.173 e. The minimum absolute atomic E-state index is 0.211. The van der Waals surface area contributed by atoms with Crippen LogP contribution in [0.1, 0.15) is 51.5 Å². The molecule has 0 radical (unpaired) electrons. The maximum Gasteiger partial charge on any atom is 0.173 e. The van der Waals surface area contributed by atoms with E-state index < -0.39 is 0 Å². The van der Waals surface area contributed by atoms with Crippen molar-refractivity contribution in [3.63, 3.8) is 0 Å². The lowest BCUT2D eigenvalue weighted by atomic mass is 10.0. The molecule has 1 heterocycles. The van der Waals surface area contributed by atoms with Crippen LogP contribution >= 0.6 is 11.3 Å². The highest BCUT2D eigenvalue weighted by Gasteiger charge is 2.11. The van der Waals surface area contributed by atoms with E-state index in [9.17, 15) is 9.90 Å². The van der Waals surface area contributed by atoms with Gasteiger partial charge in [-0.25, -0.2) is 0 Å². The van der Waals surface area contributed by atoms with E-state index in [2.05, 4.69) is 19.9 Å². The van der Waals surface area contributed by atoms with Gasteiger partial charge in [0.05, 0.1) is 4.88 Å². The van der Waals surface area contributed by atoms with Gasteiger partial charge in [-0.05, 0) is 61.4 Å². The molecule has 2 nitrogen and oxygen atoms in total. The second-order valence-corrected chi connectivity index (χ2v) is 7.53. The number of carbonyl (C=O) groups is 1. The summed E-state index contributed by atoms with van der Waals surface area (Å²) in [5, 5.41) is 9.80. The normalized spacial score (nSPS) is 11.1. The van der Waals surface area contributed by atoms with Gasteiger partial charge in [-0.3, -0.25) is 4.79 Å². The van der Waals surface area contributed by atoms with Crippen molar-refractivity contribution in [3.8, 4) is 5.75 Å². The molecule has 22 heavy (non-hydrogen) atoms. The minimum atomic E-state index is 0.211. The van der Waals surface area contributed by atoms with E-state index >= 15 is 0 Å². The molecule has 0 saturated carbocycles. The van der Waals surface area contributed by atoms with Crippen molar-refractivity contribution in [2.24, 2.45) is 5.92 Å². The summed E-state index contributed by atoms with van der Waals surface area (Å²) in [6, 6.07) is 7.97. The van der Waals surface area contributed by atoms with Gasteiger partial charge in [0.25, 0.3) is 0 Å². The standard InChI is InChI=1S/C19H24O2S/c1-12(2)9-16-6-8-18(22-16)17(20)7-5-15-10-13(3)19(21)14(4)11-15/h6,8,10-12,21H,5,7,9H2,1-4H3. The Labute approximate surface area is 136 Å². The molecule has 1 aromatic heterocycles. The number of phenols is 1. The molecule has 0 saturated heterocycles. The maximum atomic E-state index is 12.3. The molecule has 0 amide bonds. The van der Waals surface area contributed by atoms with Crippen molar-refractivity contribution >= 4 is 17.1 Å². The van der Waals surface area contributed by atoms with Gasteiger partial charge in [-0.2, -0.15) is 0 Å². The van der Waals surface area contributed by atoms with Gasteiger partial charge in [0.1, 0.15) is 5.75 Å². The number of hydrogen-bond donors (Lipinski definition) is 1. The van der Waals surface area contributed by atoms with E-state index in [1.807, 2.05) is 32.0 Å². The number of aryl methyl sites for hydroxylation is 3. The zero-order chi connectivity index (χ0) is 16.3. The van der Waals surface area contributed by atoms with Crippen molar-refractivity contribution in [2.75, 3.05) is 0 Å². The summed E-state index contributed by atoms with van der Waals surface area (Å²) in [6.45, 7) is 8.17. The van der Waals surface area contributed by atoms with Crippen molar-refractivity contribution in [1.82, 2.24) is 0 Å². The largest absolute Gasteiger partial charge is 0.507 e. The van der Waals surface area contributed by atoms with Crippen LogP contribution in [0.25, 0.3) is 0 Å². The second kappa shape index (κ2) is 7.10. The molecule has 2 aromatic rings. The van der Waals surface area contributed by atoms with Gasteiger partial charge in [-0.15, -0.1) is 11.3 Å². The van der Waals surface area contributed by atoms with Crippen LogP contribution in [0.4, 0.5) is 0 Å². The number of thiophene rings is 1. The predicted octanol–water partition coefficient (Wildman–Crippen LogP) is 5.08. The lowest BCUT2D eigenvalue weighted by Gasteiger charge is -2.07. The fourth-order valence-electron chi connectivity index (χ4n) is 2.61. The third-order valence-electron chi connectivity index (χ3n) is 3.74. The van der Waals surface area contributed by atoms with Crippen molar-refractivity contribution < 1.29 is 9.90 Å². The molecule has 0 fully saturated rings. The van der Waals surface area contributed by atoms with Crippen LogP contribution in [0.15, 0.2) is 24.3 Å². The van der Waals surface area contributed by atoms with Gasteiger partial charge in [-0.1, -0.05) is 26.0 Å². The molecule has 0 aliphatic carbocycles. The highest BCUT2D eigenvalue weighted by atomic mass is 32.1. The summed E-state index contributed by atoms with van der Waals surface area (Å²) in [5.74, 6) is 1.18. The van der Waals surface area contributed by atoms with E-state index in [0.717, 1.165) is 34.4 Å². The van der Waals surface area contributed by atoms with E-state index in [-0.39, 0.29) is 5.78 Å². The molecule has 1 aromatic carbocycles. The van der Waals surface area contributed by atoms with Crippen molar-refractivity contribution in [3.05, 3.63) is 50.7 Å². The van der Waals surface area contributed by atoms with Crippen LogP contribution in [0.2, 0.25) is 0 Å². The summed E-state index contributed by atoms with van der Waals surface area (Å²) in [7, 11) is 0. The third kappa shape index (κ3) is 4.20. The molecule has 0 unspecified atom stereocenters. The number of Topliss-reactive ketones (excluding diaryl/α,β-unsaturated/α-hetero) is 1. The third-order valence-corrected chi connectivity index (χ3v) is 4.89. The minimum Gasteiger partial charge on any atom is -0.507 e. The van der Waals surface area contributed by atoms with Gasteiger partial charge in [0.2, 0.25) is 0 Å². The topological polar surface area (TPSA) is 37.3 Å². The Morgan fingerprint density at radius 1 is 1.18 bits per heavy atom. The molecule has 3 heteroatoms. The molecular weight excluding hydrogens is 292 g/mol. The first kappa shape index (κ1) is 16.8. The van der Waals surface area contributed by atoms with Crippen LogP contribution in [-0.4, -0.2) is 10.9 Å². The van der Waals surface area contributed by atoms with Crippen LogP contribution in [-0.2, 0) is 12.8 Å². The number of phenolic OH excluding ortho intramolecular Hbond substituents is 1. The predicted molar refractivity (Wildman–Crippen MR) is 93.1 cm³/mol. The van der Waals surface area contributed by atoms with Crippen LogP contribution in [0.5, 0.6) is 5.75 Å². The van der Waals surface area contributed by atoms with Gasteiger partial charge in [0, 0.05) is 11.3 Å². The zero-order valence-electron chi connectivity index (χ0n) is 13.8. The van der Waals surface area contributed by atoms with E-state index in [4.69, 9.17) is 0 Å². The average Bonchev–Trinajstić information content (AvgIpc) is 2.89. The Bertz CT molecular complexity index is 645. The first-order valence-electron chi connectivity index (χ1n) is 7.77. The number of benzene rings is 1. The van der Waals surface area contributed by atoms with Gasteiger partial charge in [0.15, 0.2) is 5.78 Å². The van der Waals surface area contributed by atoms with Crippen molar-refractivity contribution in [1.29, 1.82) is 0 Å². The number of carbonyl (C=O) groups excluding carboxylic acids is 1. The molecule has 118 valence electrons. The van der Waals surface area contributed by atoms with Crippen LogP contribution in [0.3, 0.4) is 0 Å². The van der Waals surface area contributed by atoms with E-state index in [0.29, 0.717) is 18.1 Å². The molecular formula is C19H24O2S. The fraction of sp³-hybridized carbons (Fsp3) is 0.421. The Kier molecular flexibility index (Phi) is 5.41. The first-order valence-corrected chi connectivity index (χ1v) is 8.59. The highest BCUT2D eigenvalue weighted by molar-refractivity contribution is 7.14. The molecule has 0 spiro atoms. The molecule has 0 aliphatic rings. The lowest BCUT2D eigenvalue weighted by molar-refractivity contribution is 0.0986. The summed E-state index contributed by atoms with van der Waals surface area (Å²) < 4.78 is 0. The Hall–Kier alpha value is -1.61. The molecule has 2 rings (SSSR count). The number of ketones is 1. The number of rotatable bonds is 6. The summed E-state index contributed by atoms with van der Waals surface area (Å²) in [4.78, 5) is 14.5. The highest BCUT2D eigenvalue weighted by Crippen LogP contribution is 2.25. The van der Waals surface area contributed by atoms with Crippen LogP contribution in [0, 0.1) is 19.8 Å². The Balaban J connectivity index is 1.99. The summed E-state index contributed by atoms with van der Waals surface area (Å²) in [6.07, 6.45) is 2.28. The molecule has 0 bridgehead atoms. The van der Waals surface area contributed by atoms with Crippen molar-refractivity contribution in [2.45, 2.75) is 47.0 Å². The van der Waals surface area contributed by atoms with Gasteiger partial charge >= 0.3 is 0 Å². The number of hydrogen-bond acceptors (Lipinski definition) is 3. The SMILES string of the molecule is Cc1cc(CCC(=O)c2ccc(CC(C)C)s2)cc(C)c1O. The zero-order valence-corrected chi connectivity index (χ0v) is 14.6. The lowest BCUT2D eigenvalue weighted by Crippen LogP contribution is -1.99. The Morgan fingerprint density at radius 2 is 1.82 bits per heavy atom. The monoisotopic (exact) mass is 316 g/mol. The maximum absolute atomic E-state index is 12.3. The second-order valence-electron chi connectivity index (χ2n) is 6.37. The number of aromatic hydroxyl groups is 1. The first-order chi connectivity index (χ1) is 10.4. The van der Waals surface area contributed by atoms with Gasteiger partial charge < -0.3 is 5.11 Å². The van der Waals surface area contributed by atoms with E-state index in [1.165, 1.54) is 4.88 Å². The molecule has 1 N–H and O–H groups in total. The molecule has 0 atom stereocenters. The van der Waals surface area contributed by atoms with E-state index in [1.54, 1.807) is 11.3 Å². The fourth-order valence-corrected chi connectivity index (χ4v) is 3.80.